The third-order valence-electron chi connectivity index (χ3n) is 12.1. The predicted octanol–water partition coefficient (Wildman–Crippen LogP) is 15.3. The molecule has 2 aliphatic rings. The molecule has 9 aromatic carbocycles. The van der Waals surface area contributed by atoms with Crippen molar-refractivity contribution in [2.75, 3.05) is 4.90 Å². The van der Waals surface area contributed by atoms with Gasteiger partial charge in [-0.15, -0.1) is 11.3 Å². The largest absolute Gasteiger partial charge is 0.457 e. The summed E-state index contributed by atoms with van der Waals surface area (Å²) in [5, 5.41) is 2.59. The van der Waals surface area contributed by atoms with Crippen molar-refractivity contribution in [1.82, 2.24) is 0 Å². The third-order valence-corrected chi connectivity index (χ3v) is 13.3. The SMILES string of the molecule is c1ccc(-c2ccc(N(c3ccc4c(c3)C3(c5ccccc5Oc5ccccc53)c3cccc(-c5ccccc5)c3-4)c3ccc4c(c3)sc3ccccc34)cc2)cc1. The first-order valence-corrected chi connectivity index (χ1v) is 20.6. The third kappa shape index (κ3) is 4.84. The van der Waals surface area contributed by atoms with Crippen LogP contribution in [0.2, 0.25) is 0 Å². The molecular weight excluding hydrogens is 723 g/mol. The second-order valence-corrected chi connectivity index (χ2v) is 16.3. The molecule has 0 radical (unpaired) electrons. The van der Waals surface area contributed by atoms with Crippen LogP contribution in [0.3, 0.4) is 0 Å². The van der Waals surface area contributed by atoms with Crippen LogP contribution in [-0.2, 0) is 5.41 Å². The molecule has 0 saturated heterocycles. The molecule has 1 aliphatic carbocycles. The van der Waals surface area contributed by atoms with E-state index in [1.54, 1.807) is 0 Å². The molecule has 12 rings (SSSR count). The van der Waals surface area contributed by atoms with Crippen LogP contribution in [0.4, 0.5) is 17.1 Å². The summed E-state index contributed by atoms with van der Waals surface area (Å²) in [5.41, 5.74) is 14.9. The van der Waals surface area contributed by atoms with Gasteiger partial charge in [0.25, 0.3) is 0 Å². The molecule has 272 valence electrons. The second-order valence-electron chi connectivity index (χ2n) is 15.2. The fourth-order valence-electron chi connectivity index (χ4n) is 9.67. The first-order valence-electron chi connectivity index (χ1n) is 19.8. The quantitative estimate of drug-likeness (QED) is 0.173. The highest BCUT2D eigenvalue weighted by molar-refractivity contribution is 7.25. The molecule has 2 heterocycles. The standard InChI is InChI=1S/C55H35NOS/c1-3-14-36(15-4-1)37-26-28-39(29-27-37)56(41-30-32-44-43-18-7-12-25-52(43)58-53(44)35-41)40-31-33-45-49(34-40)55(48-22-13-19-42(54(45)48)38-16-5-2-6-17-38)46-20-8-10-23-50(46)57-51-24-11-9-21-47(51)55/h1-35H. The Morgan fingerprint density at radius 1 is 0.362 bits per heavy atom. The highest BCUT2D eigenvalue weighted by atomic mass is 32.1. The highest BCUT2D eigenvalue weighted by Gasteiger charge is 2.52. The average Bonchev–Trinajstić information content (AvgIpc) is 3.81. The number of fused-ring (bicyclic) bond motifs is 12. The van der Waals surface area contributed by atoms with Crippen LogP contribution in [-0.4, -0.2) is 0 Å². The summed E-state index contributed by atoms with van der Waals surface area (Å²) in [5.74, 6) is 1.78. The number of para-hydroxylation sites is 2. The Labute approximate surface area is 341 Å². The summed E-state index contributed by atoms with van der Waals surface area (Å²) in [6.45, 7) is 0. The van der Waals surface area contributed by atoms with E-state index in [2.05, 4.69) is 217 Å². The molecule has 1 aromatic heterocycles. The van der Waals surface area contributed by atoms with Gasteiger partial charge in [0, 0.05) is 48.4 Å². The van der Waals surface area contributed by atoms with Crippen molar-refractivity contribution in [2.24, 2.45) is 0 Å². The van der Waals surface area contributed by atoms with Gasteiger partial charge in [-0.05, 0) is 99.1 Å². The van der Waals surface area contributed by atoms with Gasteiger partial charge in [-0.1, -0.05) is 158 Å². The van der Waals surface area contributed by atoms with E-state index in [0.717, 1.165) is 39.7 Å². The summed E-state index contributed by atoms with van der Waals surface area (Å²) in [4.78, 5) is 2.44. The molecule has 0 amide bonds. The number of nitrogens with zero attached hydrogens (tertiary/aromatic N) is 1. The maximum atomic E-state index is 6.73. The Bertz CT molecular complexity index is 3160. The molecule has 0 saturated carbocycles. The number of benzene rings is 9. The Morgan fingerprint density at radius 2 is 0.931 bits per heavy atom. The van der Waals surface area contributed by atoms with E-state index >= 15 is 0 Å². The Morgan fingerprint density at radius 3 is 1.69 bits per heavy atom. The van der Waals surface area contributed by atoms with Crippen LogP contribution >= 0.6 is 11.3 Å². The van der Waals surface area contributed by atoms with E-state index in [1.807, 2.05) is 11.3 Å². The highest BCUT2D eigenvalue weighted by Crippen LogP contribution is 2.64. The van der Waals surface area contributed by atoms with Crippen LogP contribution in [0.5, 0.6) is 11.5 Å². The molecule has 0 N–H and O–H groups in total. The normalized spacial score (nSPS) is 13.1. The number of anilines is 3. The zero-order valence-corrected chi connectivity index (χ0v) is 32.3. The minimum absolute atomic E-state index is 0.616. The smallest absolute Gasteiger partial charge is 0.132 e. The number of ether oxygens (including phenoxy) is 1. The van der Waals surface area contributed by atoms with Gasteiger partial charge in [0.1, 0.15) is 11.5 Å². The lowest BCUT2D eigenvalue weighted by Crippen LogP contribution is -2.32. The summed E-state index contributed by atoms with van der Waals surface area (Å²) in [6.07, 6.45) is 0. The zero-order valence-electron chi connectivity index (χ0n) is 31.5. The Hall–Kier alpha value is -7.20. The molecule has 1 spiro atoms. The van der Waals surface area contributed by atoms with Gasteiger partial charge in [0.2, 0.25) is 0 Å². The van der Waals surface area contributed by atoms with Crippen LogP contribution in [0.25, 0.3) is 53.6 Å². The van der Waals surface area contributed by atoms with Crippen molar-refractivity contribution in [3.63, 3.8) is 0 Å². The minimum Gasteiger partial charge on any atom is -0.457 e. The summed E-state index contributed by atoms with van der Waals surface area (Å²) in [7, 11) is 0. The van der Waals surface area contributed by atoms with Crippen molar-refractivity contribution < 1.29 is 4.74 Å². The number of hydrogen-bond donors (Lipinski definition) is 0. The van der Waals surface area contributed by atoms with Crippen molar-refractivity contribution in [3.8, 4) is 44.9 Å². The van der Waals surface area contributed by atoms with Crippen molar-refractivity contribution in [1.29, 1.82) is 0 Å². The molecule has 2 nitrogen and oxygen atoms in total. The second kappa shape index (κ2) is 12.9. The molecule has 0 atom stereocenters. The van der Waals surface area contributed by atoms with Crippen LogP contribution in [0, 0.1) is 0 Å². The van der Waals surface area contributed by atoms with Gasteiger partial charge in [0.15, 0.2) is 0 Å². The lowest BCUT2D eigenvalue weighted by atomic mass is 9.66. The van der Waals surface area contributed by atoms with E-state index in [9.17, 15) is 0 Å². The van der Waals surface area contributed by atoms with Gasteiger partial charge in [-0.2, -0.15) is 0 Å². The van der Waals surface area contributed by atoms with E-state index in [-0.39, 0.29) is 0 Å². The molecule has 0 fully saturated rings. The van der Waals surface area contributed by atoms with Crippen molar-refractivity contribution in [3.05, 3.63) is 235 Å². The maximum Gasteiger partial charge on any atom is 0.132 e. The van der Waals surface area contributed by atoms with Gasteiger partial charge < -0.3 is 9.64 Å². The molecule has 0 unspecified atom stereocenters. The lowest BCUT2D eigenvalue weighted by molar-refractivity contribution is 0.436. The summed E-state index contributed by atoms with van der Waals surface area (Å²) >= 11 is 1.86. The van der Waals surface area contributed by atoms with E-state index in [1.165, 1.54) is 64.7 Å². The summed E-state index contributed by atoms with van der Waals surface area (Å²) < 4.78 is 9.30. The van der Waals surface area contributed by atoms with Crippen LogP contribution in [0.15, 0.2) is 212 Å². The molecular formula is C55H35NOS. The molecule has 3 heteroatoms. The first kappa shape index (κ1) is 33.0. The topological polar surface area (TPSA) is 12.5 Å². The van der Waals surface area contributed by atoms with Gasteiger partial charge >= 0.3 is 0 Å². The fourth-order valence-corrected chi connectivity index (χ4v) is 10.8. The zero-order chi connectivity index (χ0) is 38.2. The van der Waals surface area contributed by atoms with Crippen molar-refractivity contribution >= 4 is 48.6 Å². The molecule has 1 aliphatic heterocycles. The number of rotatable bonds is 5. The predicted molar refractivity (Wildman–Crippen MR) is 242 cm³/mol. The van der Waals surface area contributed by atoms with Crippen LogP contribution < -0.4 is 9.64 Å². The number of thiophene rings is 1. The average molecular weight is 758 g/mol. The molecule has 10 aromatic rings. The van der Waals surface area contributed by atoms with Gasteiger partial charge in [0.05, 0.1) is 5.41 Å². The van der Waals surface area contributed by atoms with E-state index < -0.39 is 5.41 Å². The Kier molecular flexibility index (Phi) is 7.35. The van der Waals surface area contributed by atoms with Gasteiger partial charge in [-0.3, -0.25) is 0 Å². The Balaban J connectivity index is 1.14. The number of hydrogen-bond acceptors (Lipinski definition) is 3. The van der Waals surface area contributed by atoms with E-state index in [4.69, 9.17) is 4.74 Å². The summed E-state index contributed by atoms with van der Waals surface area (Å²) in [6, 6.07) is 77.4. The fraction of sp³-hybridized carbons (Fsp3) is 0.0182. The van der Waals surface area contributed by atoms with Crippen LogP contribution in [0.1, 0.15) is 22.3 Å². The first-order chi connectivity index (χ1) is 28.8. The van der Waals surface area contributed by atoms with Crippen molar-refractivity contribution in [2.45, 2.75) is 5.41 Å². The monoisotopic (exact) mass is 757 g/mol. The van der Waals surface area contributed by atoms with E-state index in [0.29, 0.717) is 0 Å². The van der Waals surface area contributed by atoms with Gasteiger partial charge in [-0.25, -0.2) is 0 Å². The molecule has 58 heavy (non-hydrogen) atoms. The molecule has 0 bridgehead atoms. The lowest BCUT2D eigenvalue weighted by Gasteiger charge is -2.39. The maximum absolute atomic E-state index is 6.73. The minimum atomic E-state index is -0.616.